The fourth-order valence-corrected chi connectivity index (χ4v) is 2.38. The van der Waals surface area contributed by atoms with E-state index in [1.54, 1.807) is 0 Å². The molecule has 1 rings (SSSR count). The molecule has 1 aromatic rings. The molecule has 0 N–H and O–H groups in total. The van der Waals surface area contributed by atoms with Crippen LogP contribution in [0.25, 0.3) is 0 Å². The highest BCUT2D eigenvalue weighted by Gasteiger charge is 2.13. The number of benzene rings is 1. The summed E-state index contributed by atoms with van der Waals surface area (Å²) in [5, 5.41) is 0. The second-order valence-corrected chi connectivity index (χ2v) is 5.03. The minimum atomic E-state index is 0.194. The smallest absolute Gasteiger partial charge is 0.177 e. The molecule has 0 heterocycles. The van der Waals surface area contributed by atoms with Crippen LogP contribution in [0.1, 0.15) is 37.0 Å². The van der Waals surface area contributed by atoms with Crippen LogP contribution in [0.2, 0.25) is 0 Å². The van der Waals surface area contributed by atoms with Gasteiger partial charge in [-0.05, 0) is 32.0 Å². The van der Waals surface area contributed by atoms with E-state index in [9.17, 15) is 4.79 Å². The highest BCUT2D eigenvalue weighted by Crippen LogP contribution is 2.16. The van der Waals surface area contributed by atoms with Crippen molar-refractivity contribution in [3.63, 3.8) is 0 Å². The van der Waals surface area contributed by atoms with Crippen LogP contribution in [0.4, 0.5) is 0 Å². The van der Waals surface area contributed by atoms with Crippen molar-refractivity contribution in [2.45, 2.75) is 26.7 Å². The molecule has 0 atom stereocenters. The number of nitrogens with zero attached hydrogens (tertiary/aromatic N) is 1. The quantitative estimate of drug-likeness (QED) is 0.714. The molecular weight excluding hydrogens is 278 g/mol. The summed E-state index contributed by atoms with van der Waals surface area (Å²) in [5.74, 6) is 0.194. The van der Waals surface area contributed by atoms with E-state index in [1.165, 1.54) is 0 Å². The Bertz CT molecular complexity index is 359. The number of ketones is 1. The third-order valence-corrected chi connectivity index (χ3v) is 3.31. The van der Waals surface area contributed by atoms with Crippen molar-refractivity contribution in [3.05, 3.63) is 34.3 Å². The fraction of sp³-hybridized carbons (Fsp3) is 0.500. The van der Waals surface area contributed by atoms with Gasteiger partial charge in [0.05, 0.1) is 6.54 Å². The molecule has 0 saturated carbocycles. The molecule has 0 spiro atoms. The zero-order valence-corrected chi connectivity index (χ0v) is 12.2. The molecule has 3 heteroatoms. The van der Waals surface area contributed by atoms with E-state index in [0.717, 1.165) is 36.0 Å². The van der Waals surface area contributed by atoms with Crippen molar-refractivity contribution in [2.24, 2.45) is 0 Å². The van der Waals surface area contributed by atoms with E-state index >= 15 is 0 Å². The van der Waals surface area contributed by atoms with E-state index in [4.69, 9.17) is 0 Å². The Morgan fingerprint density at radius 1 is 1.18 bits per heavy atom. The Morgan fingerprint density at radius 2 is 1.76 bits per heavy atom. The van der Waals surface area contributed by atoms with Gasteiger partial charge in [-0.1, -0.05) is 48.0 Å². The summed E-state index contributed by atoms with van der Waals surface area (Å²) >= 11 is 3.43. The van der Waals surface area contributed by atoms with Gasteiger partial charge in [0.2, 0.25) is 0 Å². The Kier molecular flexibility index (Phi) is 6.45. The van der Waals surface area contributed by atoms with Gasteiger partial charge >= 0.3 is 0 Å². The predicted molar refractivity (Wildman–Crippen MR) is 75.5 cm³/mol. The fourth-order valence-electron chi connectivity index (χ4n) is 1.88. The van der Waals surface area contributed by atoms with Crippen molar-refractivity contribution >= 4 is 21.7 Å². The molecule has 2 nitrogen and oxygen atoms in total. The van der Waals surface area contributed by atoms with Crippen LogP contribution in [0.3, 0.4) is 0 Å². The molecule has 0 bridgehead atoms. The Labute approximate surface area is 112 Å². The highest BCUT2D eigenvalue weighted by molar-refractivity contribution is 9.10. The summed E-state index contributed by atoms with van der Waals surface area (Å²) < 4.78 is 0.887. The molecule has 0 fully saturated rings. The molecule has 0 amide bonds. The minimum Gasteiger partial charge on any atom is -0.296 e. The van der Waals surface area contributed by atoms with Crippen LogP contribution < -0.4 is 0 Å². The molecule has 0 aliphatic rings. The van der Waals surface area contributed by atoms with Crippen LogP contribution in [-0.4, -0.2) is 30.3 Å². The van der Waals surface area contributed by atoms with Crippen molar-refractivity contribution < 1.29 is 4.79 Å². The maximum atomic E-state index is 12.2. The van der Waals surface area contributed by atoms with Gasteiger partial charge in [-0.15, -0.1) is 0 Å². The SMILES string of the molecule is CCCN(CCC)CC(=O)c1ccccc1Br. The first-order chi connectivity index (χ1) is 8.19. The van der Waals surface area contributed by atoms with E-state index < -0.39 is 0 Å². The molecule has 0 aromatic heterocycles. The number of halogens is 1. The molecular formula is C14H20BrNO. The maximum Gasteiger partial charge on any atom is 0.177 e. The van der Waals surface area contributed by atoms with Gasteiger partial charge in [0.1, 0.15) is 0 Å². The second-order valence-electron chi connectivity index (χ2n) is 4.18. The Morgan fingerprint density at radius 3 is 2.29 bits per heavy atom. The maximum absolute atomic E-state index is 12.2. The molecule has 17 heavy (non-hydrogen) atoms. The number of carbonyl (C=O) groups excluding carboxylic acids is 1. The number of rotatable bonds is 7. The third-order valence-electron chi connectivity index (χ3n) is 2.62. The lowest BCUT2D eigenvalue weighted by atomic mass is 10.1. The molecule has 1 aromatic carbocycles. The van der Waals surface area contributed by atoms with Gasteiger partial charge in [-0.3, -0.25) is 9.69 Å². The van der Waals surface area contributed by atoms with Crippen molar-refractivity contribution in [1.82, 2.24) is 4.90 Å². The van der Waals surface area contributed by atoms with E-state index in [0.29, 0.717) is 6.54 Å². The van der Waals surface area contributed by atoms with Crippen LogP contribution in [-0.2, 0) is 0 Å². The lowest BCUT2D eigenvalue weighted by Crippen LogP contribution is -2.31. The largest absolute Gasteiger partial charge is 0.296 e. The standard InChI is InChI=1S/C14H20BrNO/c1-3-9-16(10-4-2)11-14(17)12-7-5-6-8-13(12)15/h5-8H,3-4,9-11H2,1-2H3. The monoisotopic (exact) mass is 297 g/mol. The summed E-state index contributed by atoms with van der Waals surface area (Å²) in [6, 6.07) is 7.62. The van der Waals surface area contributed by atoms with Gasteiger partial charge < -0.3 is 0 Å². The first-order valence-corrected chi connectivity index (χ1v) is 6.98. The van der Waals surface area contributed by atoms with Gasteiger partial charge in [0, 0.05) is 10.0 Å². The zero-order chi connectivity index (χ0) is 12.7. The Hall–Kier alpha value is -0.670. The van der Waals surface area contributed by atoms with E-state index in [1.807, 2.05) is 24.3 Å². The van der Waals surface area contributed by atoms with Crippen LogP contribution in [0.15, 0.2) is 28.7 Å². The van der Waals surface area contributed by atoms with Crippen molar-refractivity contribution in [2.75, 3.05) is 19.6 Å². The topological polar surface area (TPSA) is 20.3 Å². The number of hydrogen-bond donors (Lipinski definition) is 0. The van der Waals surface area contributed by atoms with Crippen molar-refractivity contribution in [1.29, 1.82) is 0 Å². The molecule has 0 unspecified atom stereocenters. The summed E-state index contributed by atoms with van der Waals surface area (Å²) in [7, 11) is 0. The van der Waals surface area contributed by atoms with Crippen molar-refractivity contribution in [3.8, 4) is 0 Å². The highest BCUT2D eigenvalue weighted by atomic mass is 79.9. The summed E-state index contributed by atoms with van der Waals surface area (Å²) in [4.78, 5) is 14.4. The first-order valence-electron chi connectivity index (χ1n) is 6.19. The Balaban J connectivity index is 2.67. The van der Waals surface area contributed by atoms with E-state index in [2.05, 4.69) is 34.7 Å². The molecule has 0 aliphatic carbocycles. The van der Waals surface area contributed by atoms with Gasteiger partial charge in [0.15, 0.2) is 5.78 Å². The summed E-state index contributed by atoms with van der Waals surface area (Å²) in [6.07, 6.45) is 2.17. The van der Waals surface area contributed by atoms with Crippen LogP contribution >= 0.6 is 15.9 Å². The second kappa shape index (κ2) is 7.62. The predicted octanol–water partition coefficient (Wildman–Crippen LogP) is 3.75. The minimum absolute atomic E-state index is 0.194. The van der Waals surface area contributed by atoms with Gasteiger partial charge in [-0.25, -0.2) is 0 Å². The number of hydrogen-bond acceptors (Lipinski definition) is 2. The van der Waals surface area contributed by atoms with Crippen LogP contribution in [0.5, 0.6) is 0 Å². The normalized spacial score (nSPS) is 10.8. The molecule has 0 radical (unpaired) electrons. The van der Waals surface area contributed by atoms with Gasteiger partial charge in [0.25, 0.3) is 0 Å². The third kappa shape index (κ3) is 4.60. The first kappa shape index (κ1) is 14.4. The summed E-state index contributed by atoms with van der Waals surface area (Å²) in [5.41, 5.74) is 0.782. The molecule has 0 aliphatic heterocycles. The number of Topliss-reactive ketones (excluding diaryl/α,β-unsaturated/α-hetero) is 1. The zero-order valence-electron chi connectivity index (χ0n) is 10.6. The van der Waals surface area contributed by atoms with Crippen LogP contribution in [0, 0.1) is 0 Å². The number of carbonyl (C=O) groups is 1. The van der Waals surface area contributed by atoms with E-state index in [-0.39, 0.29) is 5.78 Å². The molecule has 0 saturated heterocycles. The summed E-state index contributed by atoms with van der Waals surface area (Å²) in [6.45, 7) is 6.79. The average molecular weight is 298 g/mol. The average Bonchev–Trinajstić information content (AvgIpc) is 2.30. The lowest BCUT2D eigenvalue weighted by Gasteiger charge is -2.20. The van der Waals surface area contributed by atoms with Gasteiger partial charge in [-0.2, -0.15) is 0 Å². The lowest BCUT2D eigenvalue weighted by molar-refractivity contribution is 0.0930. The molecule has 94 valence electrons.